The first-order valence-corrected chi connectivity index (χ1v) is 25.2. The molecule has 0 saturated carbocycles. The van der Waals surface area contributed by atoms with Crippen molar-refractivity contribution in [3.8, 4) is 56.4 Å². The minimum absolute atomic E-state index is 0.292. The molecular weight excluding hydrogens is 953 g/mol. The molecule has 1 N–H and O–H groups in total. The third-order valence-corrected chi connectivity index (χ3v) is 12.0. The van der Waals surface area contributed by atoms with Crippen molar-refractivity contribution in [2.45, 2.75) is 39.0 Å². The van der Waals surface area contributed by atoms with Crippen molar-refractivity contribution in [3.63, 3.8) is 0 Å². The number of halogens is 5. The van der Waals surface area contributed by atoms with Crippen LogP contribution in [0.25, 0.3) is 33.4 Å². The molecule has 4 aromatic heterocycles. The summed E-state index contributed by atoms with van der Waals surface area (Å²) in [6.07, 6.45) is 12.5. The predicted octanol–water partition coefficient (Wildman–Crippen LogP) is 11.3. The smallest absolute Gasteiger partial charge is 0.139 e. The first-order chi connectivity index (χ1) is 32.1. The Balaban J connectivity index is 0.000000174. The molecule has 354 valence electrons. The summed E-state index contributed by atoms with van der Waals surface area (Å²) in [6, 6.07) is 20.7. The fourth-order valence-electron chi connectivity index (χ4n) is 6.15. The monoisotopic (exact) mass is 1000 g/mol. The highest BCUT2D eigenvalue weighted by molar-refractivity contribution is 9.10. The van der Waals surface area contributed by atoms with Gasteiger partial charge in [0.2, 0.25) is 0 Å². The van der Waals surface area contributed by atoms with Gasteiger partial charge in [0.25, 0.3) is 0 Å². The number of rotatable bonds is 14. The lowest BCUT2D eigenvalue weighted by Crippen LogP contribution is -2.22. The average molecular weight is 1010 g/mol. The van der Waals surface area contributed by atoms with E-state index in [1.165, 1.54) is 77.0 Å². The first-order valence-electron chi connectivity index (χ1n) is 20.7. The van der Waals surface area contributed by atoms with Crippen LogP contribution < -0.4 is 18.9 Å². The fourth-order valence-corrected chi connectivity index (χ4v) is 7.32. The van der Waals surface area contributed by atoms with Crippen LogP contribution in [0.2, 0.25) is 25.7 Å². The van der Waals surface area contributed by atoms with Gasteiger partial charge >= 0.3 is 0 Å². The van der Waals surface area contributed by atoms with Gasteiger partial charge in [0, 0.05) is 104 Å². The van der Waals surface area contributed by atoms with Crippen LogP contribution in [0.1, 0.15) is 5.69 Å². The van der Waals surface area contributed by atoms with Crippen molar-refractivity contribution in [3.05, 3.63) is 156 Å². The molecule has 13 nitrogen and oxygen atoms in total. The Kier molecular flexibility index (Phi) is 18.9. The van der Waals surface area contributed by atoms with Crippen LogP contribution in [0.4, 0.5) is 17.6 Å². The lowest BCUT2D eigenvalue weighted by atomic mass is 10.1. The molecule has 0 spiro atoms. The van der Waals surface area contributed by atoms with Gasteiger partial charge in [-0.15, -0.1) is 0 Å². The van der Waals surface area contributed by atoms with E-state index in [0.717, 1.165) is 56.2 Å². The maximum atomic E-state index is 13.2. The number of ether oxygens (including phenoxy) is 5. The van der Waals surface area contributed by atoms with Crippen molar-refractivity contribution in [2.24, 2.45) is 7.05 Å². The number of aryl methyl sites for hydroxylation is 1. The molecule has 8 aromatic rings. The molecule has 0 aliphatic rings. The van der Waals surface area contributed by atoms with E-state index in [2.05, 4.69) is 61.1 Å². The highest BCUT2D eigenvalue weighted by Crippen LogP contribution is 2.32. The van der Waals surface area contributed by atoms with E-state index in [-0.39, 0.29) is 23.3 Å². The van der Waals surface area contributed by atoms with Crippen LogP contribution in [-0.2, 0) is 25.1 Å². The molecule has 0 saturated heterocycles. The SMILES string of the molecule is COc1cc(F)ccc1-c1cn[nH]c1.COc1cc(F)ccc1-c1cnn(COCC[Si](C)(C)C)c1.COc1cc(F)ccc1-c1cnn(Cc2ccn(C)n2)c1.COc1cc(F)ccc1Br. The van der Waals surface area contributed by atoms with Crippen molar-refractivity contribution in [1.82, 2.24) is 39.5 Å². The highest BCUT2D eigenvalue weighted by Gasteiger charge is 2.14. The third kappa shape index (κ3) is 15.7. The van der Waals surface area contributed by atoms with E-state index in [1.807, 2.05) is 31.7 Å². The molecule has 4 aromatic carbocycles. The van der Waals surface area contributed by atoms with E-state index >= 15 is 0 Å². The number of hydrogen-bond acceptors (Lipinski definition) is 9. The second-order valence-corrected chi connectivity index (χ2v) is 22.3. The summed E-state index contributed by atoms with van der Waals surface area (Å²) in [5.41, 5.74) is 6.01. The Morgan fingerprint density at radius 3 is 1.54 bits per heavy atom. The predicted molar refractivity (Wildman–Crippen MR) is 256 cm³/mol. The summed E-state index contributed by atoms with van der Waals surface area (Å²) < 4.78 is 83.8. The Labute approximate surface area is 396 Å². The van der Waals surface area contributed by atoms with Gasteiger partial charge < -0.3 is 23.7 Å². The van der Waals surface area contributed by atoms with Crippen molar-refractivity contribution < 1.29 is 41.2 Å². The number of aromatic amines is 1. The number of hydrogen-bond donors (Lipinski definition) is 1. The summed E-state index contributed by atoms with van der Waals surface area (Å²) in [7, 11) is 6.88. The summed E-state index contributed by atoms with van der Waals surface area (Å²) in [5.74, 6) is 0.770. The number of H-pyrrole nitrogens is 1. The van der Waals surface area contributed by atoms with Gasteiger partial charge in [-0.1, -0.05) is 19.6 Å². The topological polar surface area (TPSA) is 128 Å². The maximum absolute atomic E-state index is 13.2. The van der Waals surface area contributed by atoms with Gasteiger partial charge in [-0.05, 0) is 76.6 Å². The van der Waals surface area contributed by atoms with E-state index < -0.39 is 8.07 Å². The zero-order valence-electron chi connectivity index (χ0n) is 38.4. The Morgan fingerprint density at radius 2 is 1.09 bits per heavy atom. The molecule has 0 aliphatic heterocycles. The molecule has 0 amide bonds. The van der Waals surface area contributed by atoms with Crippen LogP contribution in [0, 0.1) is 23.3 Å². The maximum Gasteiger partial charge on any atom is 0.139 e. The number of nitrogens with zero attached hydrogens (tertiary/aromatic N) is 7. The lowest BCUT2D eigenvalue weighted by molar-refractivity contribution is 0.0786. The molecule has 4 heterocycles. The molecule has 0 radical (unpaired) electrons. The first kappa shape index (κ1) is 51.3. The van der Waals surface area contributed by atoms with E-state index in [4.69, 9.17) is 23.7 Å². The number of aromatic nitrogens is 8. The summed E-state index contributed by atoms with van der Waals surface area (Å²) in [4.78, 5) is 0. The summed E-state index contributed by atoms with van der Waals surface area (Å²) >= 11 is 3.20. The van der Waals surface area contributed by atoms with Crippen LogP contribution >= 0.6 is 15.9 Å². The Hall–Kier alpha value is -6.70. The highest BCUT2D eigenvalue weighted by atomic mass is 79.9. The molecule has 0 bridgehead atoms. The van der Waals surface area contributed by atoms with Crippen molar-refractivity contribution in [2.75, 3.05) is 35.0 Å². The Morgan fingerprint density at radius 1 is 0.612 bits per heavy atom. The molecule has 8 rings (SSSR count). The second kappa shape index (κ2) is 24.7. The minimum atomic E-state index is -1.07. The normalized spacial score (nSPS) is 10.8. The number of nitrogens with one attached hydrogen (secondary N) is 1. The van der Waals surface area contributed by atoms with Crippen LogP contribution in [0.5, 0.6) is 23.0 Å². The summed E-state index contributed by atoms with van der Waals surface area (Å²) in [6.45, 7) is 8.73. The average Bonchev–Trinajstić information content (AvgIpc) is 4.16. The van der Waals surface area contributed by atoms with Gasteiger partial charge in [-0.25, -0.2) is 22.2 Å². The number of methoxy groups -OCH3 is 4. The molecule has 0 unspecified atom stereocenters. The van der Waals surface area contributed by atoms with Gasteiger partial charge in [-0.3, -0.25) is 14.5 Å². The van der Waals surface area contributed by atoms with Crippen molar-refractivity contribution in [1.29, 1.82) is 0 Å². The van der Waals surface area contributed by atoms with Gasteiger partial charge in [0.05, 0.1) is 63.7 Å². The number of benzene rings is 4. The van der Waals surface area contributed by atoms with Crippen LogP contribution in [0.3, 0.4) is 0 Å². The van der Waals surface area contributed by atoms with E-state index in [9.17, 15) is 17.6 Å². The molecule has 67 heavy (non-hydrogen) atoms. The zero-order valence-corrected chi connectivity index (χ0v) is 41.0. The van der Waals surface area contributed by atoms with Gasteiger partial charge in [-0.2, -0.15) is 20.4 Å². The standard InChI is InChI=1S/C16H23FN2O2Si.C15H15FN4O.C10H9FN2O.C7H6BrFO/c1-20-16-9-14(17)5-6-15(16)13-10-18-19(11-13)12-21-7-8-22(2,3)4;1-19-6-5-13(18-19)10-20-9-11(8-17-20)14-4-3-12(16)7-15(14)21-2;1-14-10-4-8(11)2-3-9(10)7-5-12-13-6-7;1-10-7-4-5(9)2-3-6(7)8/h5-6,9-11H,7-8,12H2,1-4H3;3-9H,10H2,1-2H3;2-6H,1H3,(H,12,13);2-4H,1H3. The second-order valence-electron chi connectivity index (χ2n) is 15.8. The lowest BCUT2D eigenvalue weighted by Gasteiger charge is -2.15. The van der Waals surface area contributed by atoms with Gasteiger partial charge in [0.15, 0.2) is 0 Å². The quantitative estimate of drug-likeness (QED) is 0.0643. The van der Waals surface area contributed by atoms with E-state index in [0.29, 0.717) is 36.3 Å². The minimum Gasteiger partial charge on any atom is -0.496 e. The zero-order chi connectivity index (χ0) is 48.5. The van der Waals surface area contributed by atoms with Crippen LogP contribution in [0.15, 0.2) is 127 Å². The van der Waals surface area contributed by atoms with Crippen LogP contribution in [-0.4, -0.2) is 82.7 Å². The molecular formula is C48H53BrF4N8O5Si. The molecule has 0 aliphatic carbocycles. The van der Waals surface area contributed by atoms with E-state index in [1.54, 1.807) is 63.1 Å². The fraction of sp³-hybridized carbons (Fsp3) is 0.250. The summed E-state index contributed by atoms with van der Waals surface area (Å²) in [5, 5.41) is 19.4. The third-order valence-electron chi connectivity index (χ3n) is 9.61. The Bertz CT molecular complexity index is 2780. The molecule has 0 atom stereocenters. The molecule has 0 fully saturated rings. The van der Waals surface area contributed by atoms with Gasteiger partial charge in [0.1, 0.15) is 53.0 Å². The largest absolute Gasteiger partial charge is 0.496 e. The van der Waals surface area contributed by atoms with Crippen molar-refractivity contribution >= 4 is 24.0 Å². The molecule has 19 heteroatoms.